The van der Waals surface area contributed by atoms with Gasteiger partial charge in [0.1, 0.15) is 5.76 Å². The van der Waals surface area contributed by atoms with Crippen molar-refractivity contribution in [2.24, 2.45) is 0 Å². The van der Waals surface area contributed by atoms with E-state index in [-0.39, 0.29) is 5.78 Å². The number of rotatable bonds is 7. The Labute approximate surface area is 109 Å². The number of carbonyl (C=O) groups excluding carboxylic acids is 1. The number of ketones is 1. The second-order valence-corrected chi connectivity index (χ2v) is 3.43. The van der Waals surface area contributed by atoms with Crippen LogP contribution >= 0.6 is 0 Å². The van der Waals surface area contributed by atoms with Crippen molar-refractivity contribution in [1.29, 1.82) is 0 Å². The van der Waals surface area contributed by atoms with Gasteiger partial charge in [0.25, 0.3) is 0 Å². The average Bonchev–Trinajstić information content (AvgIpc) is 2.39. The van der Waals surface area contributed by atoms with Crippen molar-refractivity contribution < 1.29 is 9.53 Å². The third-order valence-electron chi connectivity index (χ3n) is 2.23. The monoisotopic (exact) mass is 244 g/mol. The van der Waals surface area contributed by atoms with Crippen molar-refractivity contribution in [2.45, 2.75) is 13.8 Å². The Kier molecular flexibility index (Phi) is 7.95. The normalized spacial score (nSPS) is 13.1. The van der Waals surface area contributed by atoms with Gasteiger partial charge in [-0.1, -0.05) is 43.5 Å². The minimum absolute atomic E-state index is 0.0780. The van der Waals surface area contributed by atoms with Crippen LogP contribution in [0.25, 0.3) is 0 Å². The molecule has 2 nitrogen and oxygen atoms in total. The molecule has 2 heteroatoms. The van der Waals surface area contributed by atoms with Gasteiger partial charge in [0.05, 0.1) is 7.11 Å². The molecule has 0 heterocycles. The van der Waals surface area contributed by atoms with Crippen molar-refractivity contribution in [2.75, 3.05) is 7.11 Å². The summed E-state index contributed by atoms with van der Waals surface area (Å²) in [5, 5.41) is 0. The van der Waals surface area contributed by atoms with Crippen LogP contribution in [-0.4, -0.2) is 12.9 Å². The van der Waals surface area contributed by atoms with Crippen LogP contribution < -0.4 is 0 Å². The molecule has 0 aliphatic carbocycles. The molecule has 18 heavy (non-hydrogen) atoms. The Bertz CT molecular complexity index is 432. The van der Waals surface area contributed by atoms with Gasteiger partial charge >= 0.3 is 0 Å². The zero-order valence-corrected chi connectivity index (χ0v) is 11.3. The van der Waals surface area contributed by atoms with E-state index in [1.165, 1.54) is 7.11 Å². The molecule has 0 rings (SSSR count). The van der Waals surface area contributed by atoms with Crippen LogP contribution in [-0.2, 0) is 9.53 Å². The van der Waals surface area contributed by atoms with Gasteiger partial charge < -0.3 is 4.74 Å². The van der Waals surface area contributed by atoms with Crippen LogP contribution in [0.15, 0.2) is 72.6 Å². The van der Waals surface area contributed by atoms with E-state index in [1.807, 2.05) is 19.9 Å². The van der Waals surface area contributed by atoms with E-state index < -0.39 is 0 Å². The first-order valence-electron chi connectivity index (χ1n) is 5.68. The maximum Gasteiger partial charge on any atom is 0.192 e. The highest BCUT2D eigenvalue weighted by Crippen LogP contribution is 2.10. The maximum absolute atomic E-state index is 12.1. The summed E-state index contributed by atoms with van der Waals surface area (Å²) in [5.74, 6) is 0.422. The molecule has 0 saturated carbocycles. The summed E-state index contributed by atoms with van der Waals surface area (Å²) < 4.78 is 4.91. The first-order valence-corrected chi connectivity index (χ1v) is 5.68. The molecule has 0 aliphatic rings. The van der Waals surface area contributed by atoms with Gasteiger partial charge in [-0.15, -0.1) is 0 Å². The largest absolute Gasteiger partial charge is 0.497 e. The molecule has 0 saturated heterocycles. The van der Waals surface area contributed by atoms with E-state index in [0.717, 1.165) is 0 Å². The molecule has 0 amide bonds. The first-order chi connectivity index (χ1) is 8.60. The molecule has 0 fully saturated rings. The van der Waals surface area contributed by atoms with Crippen LogP contribution in [0.5, 0.6) is 0 Å². The lowest BCUT2D eigenvalue weighted by molar-refractivity contribution is -0.111. The lowest BCUT2D eigenvalue weighted by Crippen LogP contribution is -2.02. The molecule has 0 unspecified atom stereocenters. The summed E-state index contributed by atoms with van der Waals surface area (Å²) in [4.78, 5) is 12.1. The van der Waals surface area contributed by atoms with Crippen LogP contribution in [0.4, 0.5) is 0 Å². The number of hydrogen-bond acceptors (Lipinski definition) is 2. The van der Waals surface area contributed by atoms with E-state index in [4.69, 9.17) is 4.74 Å². The standard InChI is InChI=1S/C16H20O2/c1-6-9-10-14(7-2)16(17)15(8-3)12-11-13(4)18-5/h6-12H,2,4H2,1,3,5H3/b9-6-,12-11-,14-10+,15-8+. The molecule has 0 aromatic rings. The fourth-order valence-electron chi connectivity index (χ4n) is 1.16. The summed E-state index contributed by atoms with van der Waals surface area (Å²) in [6.07, 6.45) is 12.0. The second kappa shape index (κ2) is 8.99. The van der Waals surface area contributed by atoms with Crippen molar-refractivity contribution in [1.82, 2.24) is 0 Å². The Morgan fingerprint density at radius 3 is 2.28 bits per heavy atom. The van der Waals surface area contributed by atoms with Crippen LogP contribution in [0.3, 0.4) is 0 Å². The number of carbonyl (C=O) groups is 1. The Balaban J connectivity index is 5.09. The lowest BCUT2D eigenvalue weighted by Gasteiger charge is -2.02. The van der Waals surface area contributed by atoms with Gasteiger partial charge in [0, 0.05) is 11.1 Å². The highest BCUT2D eigenvalue weighted by Gasteiger charge is 2.08. The molecule has 0 radical (unpaired) electrons. The molecular formula is C16H20O2. The quantitative estimate of drug-likeness (QED) is 0.385. The molecule has 96 valence electrons. The van der Waals surface area contributed by atoms with Gasteiger partial charge in [-0.05, 0) is 26.0 Å². The maximum atomic E-state index is 12.1. The van der Waals surface area contributed by atoms with E-state index >= 15 is 0 Å². The van der Waals surface area contributed by atoms with Crippen molar-refractivity contribution in [3.8, 4) is 0 Å². The lowest BCUT2D eigenvalue weighted by atomic mass is 10.0. The van der Waals surface area contributed by atoms with Gasteiger partial charge in [-0.3, -0.25) is 4.79 Å². The van der Waals surface area contributed by atoms with E-state index in [9.17, 15) is 4.79 Å². The van der Waals surface area contributed by atoms with Gasteiger partial charge in [0.2, 0.25) is 0 Å². The van der Waals surface area contributed by atoms with Gasteiger partial charge in [-0.25, -0.2) is 0 Å². The van der Waals surface area contributed by atoms with Crippen molar-refractivity contribution in [3.63, 3.8) is 0 Å². The molecule has 0 spiro atoms. The number of allylic oxidation sites excluding steroid dienone is 9. The fourth-order valence-corrected chi connectivity index (χ4v) is 1.16. The summed E-state index contributed by atoms with van der Waals surface area (Å²) in [6.45, 7) is 11.0. The topological polar surface area (TPSA) is 26.3 Å². The third-order valence-corrected chi connectivity index (χ3v) is 2.23. The van der Waals surface area contributed by atoms with Gasteiger partial charge in [-0.2, -0.15) is 0 Å². The van der Waals surface area contributed by atoms with Crippen LogP contribution in [0.1, 0.15) is 13.8 Å². The Morgan fingerprint density at radius 1 is 1.17 bits per heavy atom. The molecule has 0 aromatic carbocycles. The number of Topliss-reactive ketones (excluding diaryl/α,β-unsaturated/α-hetero) is 1. The van der Waals surface area contributed by atoms with Crippen molar-refractivity contribution >= 4 is 5.78 Å². The zero-order chi connectivity index (χ0) is 14.0. The van der Waals surface area contributed by atoms with E-state index in [1.54, 1.807) is 36.5 Å². The molecule has 0 N–H and O–H groups in total. The minimum atomic E-state index is -0.0780. The summed E-state index contributed by atoms with van der Waals surface area (Å²) >= 11 is 0. The Hall–Kier alpha value is -2.09. The highest BCUT2D eigenvalue weighted by molar-refractivity contribution is 6.11. The number of ether oxygens (including phenoxy) is 1. The highest BCUT2D eigenvalue weighted by atomic mass is 16.5. The summed E-state index contributed by atoms with van der Waals surface area (Å²) in [5.41, 5.74) is 1.12. The molecular weight excluding hydrogens is 224 g/mol. The average molecular weight is 244 g/mol. The van der Waals surface area contributed by atoms with Gasteiger partial charge in [0.15, 0.2) is 5.78 Å². The summed E-state index contributed by atoms with van der Waals surface area (Å²) in [7, 11) is 1.53. The van der Waals surface area contributed by atoms with Crippen LogP contribution in [0.2, 0.25) is 0 Å². The number of methoxy groups -OCH3 is 1. The smallest absolute Gasteiger partial charge is 0.192 e. The zero-order valence-electron chi connectivity index (χ0n) is 11.3. The predicted octanol–water partition coefficient (Wildman–Crippen LogP) is 3.91. The molecule has 0 aliphatic heterocycles. The molecule has 0 atom stereocenters. The van der Waals surface area contributed by atoms with E-state index in [0.29, 0.717) is 16.9 Å². The predicted molar refractivity (Wildman–Crippen MR) is 77.1 cm³/mol. The summed E-state index contributed by atoms with van der Waals surface area (Å²) in [6, 6.07) is 0. The van der Waals surface area contributed by atoms with E-state index in [2.05, 4.69) is 13.2 Å². The third kappa shape index (κ3) is 5.30. The first kappa shape index (κ1) is 15.9. The minimum Gasteiger partial charge on any atom is -0.497 e. The second-order valence-electron chi connectivity index (χ2n) is 3.43. The molecule has 0 bridgehead atoms. The van der Waals surface area contributed by atoms with Crippen molar-refractivity contribution in [3.05, 3.63) is 72.6 Å². The number of hydrogen-bond donors (Lipinski definition) is 0. The van der Waals surface area contributed by atoms with Crippen LogP contribution in [0, 0.1) is 0 Å². The fraction of sp³-hybridized carbons (Fsp3) is 0.188. The Morgan fingerprint density at radius 2 is 1.83 bits per heavy atom. The SMILES string of the molecule is C=C/C(=C\C=C/C)C(=O)C(/C=C\C(=C)OC)=C/C. The molecule has 0 aromatic heterocycles.